The van der Waals surface area contributed by atoms with E-state index in [1.807, 2.05) is 42.5 Å². The Labute approximate surface area is 357 Å². The normalized spacial score (nSPS) is 27.6. The third kappa shape index (κ3) is 9.04. The largest absolute Gasteiger partial charge is 0.399 e. The monoisotopic (exact) mass is 838 g/mol. The molecule has 5 fully saturated rings. The fourth-order valence-corrected chi connectivity index (χ4v) is 12.4. The van der Waals surface area contributed by atoms with Crippen molar-refractivity contribution in [1.82, 2.24) is 9.80 Å². The van der Waals surface area contributed by atoms with Gasteiger partial charge in [-0.3, -0.25) is 14.1 Å². The summed E-state index contributed by atoms with van der Waals surface area (Å²) in [4.78, 5) is 10.0. The summed E-state index contributed by atoms with van der Waals surface area (Å²) < 4.78 is 53.3. The van der Waals surface area contributed by atoms with E-state index in [1.54, 1.807) is 16.4 Å². The van der Waals surface area contributed by atoms with Gasteiger partial charge in [-0.15, -0.1) is 0 Å². The second-order valence-corrected chi connectivity index (χ2v) is 20.3. The van der Waals surface area contributed by atoms with E-state index in [0.29, 0.717) is 13.0 Å². The maximum atomic E-state index is 13.4. The standard InChI is InChI=1S/C26H34FN3O2S.C23H30FN3/c1-21-10-12-26(13-11-21,22-4-2-5-25(20-22)30-14-3-19-33(30,31)32)29-17-15-28(16-18-29)24-8-6-23(27)7-9-24;1-18-9-11-23(12-10-18,19-3-2-4-21(25)17-19)27-15-13-26(14-16-27)22-7-5-20(24)6-8-22/h2,4-9,20-21H,3,10-19H2,1H3;2-8,17-18H,9-16,25H2,1H3. The molecule has 11 heteroatoms. The van der Waals surface area contributed by atoms with Gasteiger partial charge in [0.25, 0.3) is 0 Å². The summed E-state index contributed by atoms with van der Waals surface area (Å²) in [5.74, 6) is 1.40. The van der Waals surface area contributed by atoms with Gasteiger partial charge in [0.2, 0.25) is 10.0 Å². The number of piperazine rings is 2. The molecular formula is C49H64F2N6O2S. The lowest BCUT2D eigenvalue weighted by Gasteiger charge is -2.51. The highest BCUT2D eigenvalue weighted by atomic mass is 32.2. The smallest absolute Gasteiger partial charge is 0.235 e. The van der Waals surface area contributed by atoms with Crippen molar-refractivity contribution in [2.75, 3.05) is 84.5 Å². The van der Waals surface area contributed by atoms with Crippen molar-refractivity contribution in [3.05, 3.63) is 120 Å². The van der Waals surface area contributed by atoms with Crippen LogP contribution in [0.4, 0.5) is 31.5 Å². The maximum Gasteiger partial charge on any atom is 0.235 e. The van der Waals surface area contributed by atoms with Gasteiger partial charge in [-0.2, -0.15) is 0 Å². The van der Waals surface area contributed by atoms with Gasteiger partial charge in [-0.05, 0) is 154 Å². The number of hydrogen-bond donors (Lipinski definition) is 1. The first-order valence-electron chi connectivity index (χ1n) is 22.4. The summed E-state index contributed by atoms with van der Waals surface area (Å²) in [6.45, 7) is 13.0. The number of nitrogens with zero attached hydrogens (tertiary/aromatic N) is 5. The lowest BCUT2D eigenvalue weighted by atomic mass is 9.71. The Morgan fingerprint density at radius 2 is 0.983 bits per heavy atom. The van der Waals surface area contributed by atoms with Crippen LogP contribution in [-0.4, -0.2) is 82.9 Å². The summed E-state index contributed by atoms with van der Waals surface area (Å²) in [5.41, 5.74) is 12.7. The van der Waals surface area contributed by atoms with E-state index in [2.05, 4.69) is 63.8 Å². The van der Waals surface area contributed by atoms with Crippen LogP contribution in [0.15, 0.2) is 97.1 Å². The van der Waals surface area contributed by atoms with Gasteiger partial charge in [-0.1, -0.05) is 38.1 Å². The number of nitrogens with two attached hydrogens (primary N) is 1. The quantitative estimate of drug-likeness (QED) is 0.186. The molecule has 4 aromatic carbocycles. The predicted octanol–water partition coefficient (Wildman–Crippen LogP) is 9.23. The number of sulfonamides is 1. The van der Waals surface area contributed by atoms with Gasteiger partial charge in [-0.25, -0.2) is 17.2 Å². The van der Waals surface area contributed by atoms with E-state index in [4.69, 9.17) is 5.73 Å². The van der Waals surface area contributed by atoms with Crippen LogP contribution in [0.3, 0.4) is 0 Å². The third-order valence-electron chi connectivity index (χ3n) is 14.6. The minimum Gasteiger partial charge on any atom is -0.399 e. The first-order chi connectivity index (χ1) is 28.9. The molecule has 0 atom stereocenters. The Hall–Kier alpha value is -4.19. The van der Waals surface area contributed by atoms with Crippen LogP contribution in [0.2, 0.25) is 0 Å². The fourth-order valence-electron chi connectivity index (χ4n) is 10.9. The van der Waals surface area contributed by atoms with Crippen molar-refractivity contribution < 1.29 is 17.2 Å². The maximum absolute atomic E-state index is 13.4. The van der Waals surface area contributed by atoms with E-state index >= 15 is 0 Å². The minimum absolute atomic E-state index is 0.0547. The average molecular weight is 839 g/mol. The van der Waals surface area contributed by atoms with Crippen molar-refractivity contribution in [2.45, 2.75) is 82.7 Å². The second kappa shape index (κ2) is 18.0. The Balaban J connectivity index is 0.000000170. The SMILES string of the molecule is CC1CCC(c2cccc(N)c2)(N2CCN(c3ccc(F)cc3)CC2)CC1.CC1CCC(c2cccc(N3CCCS3(=O)=O)c2)(N2CCN(c3ccc(F)cc3)CC2)CC1. The van der Waals surface area contributed by atoms with Crippen LogP contribution >= 0.6 is 0 Å². The zero-order chi connectivity index (χ0) is 41.9. The molecule has 2 saturated carbocycles. The average Bonchev–Trinajstić information content (AvgIpc) is 3.64. The molecular weight excluding hydrogens is 775 g/mol. The number of hydrogen-bond acceptors (Lipinski definition) is 7. The molecule has 0 radical (unpaired) electrons. The summed E-state index contributed by atoms with van der Waals surface area (Å²) in [6.07, 6.45) is 10.2. The van der Waals surface area contributed by atoms with Gasteiger partial charge in [0.15, 0.2) is 0 Å². The Morgan fingerprint density at radius 3 is 1.40 bits per heavy atom. The molecule has 5 aliphatic rings. The molecule has 2 N–H and O–H groups in total. The topological polar surface area (TPSA) is 76.4 Å². The van der Waals surface area contributed by atoms with Crippen LogP contribution in [0.5, 0.6) is 0 Å². The van der Waals surface area contributed by atoms with Crippen LogP contribution in [-0.2, 0) is 21.1 Å². The first-order valence-corrected chi connectivity index (χ1v) is 24.0. The highest BCUT2D eigenvalue weighted by Gasteiger charge is 2.44. The molecule has 2 aliphatic carbocycles. The summed E-state index contributed by atoms with van der Waals surface area (Å²) in [5, 5.41) is 0. The molecule has 4 aromatic rings. The number of halogens is 2. The molecule has 0 spiro atoms. The summed E-state index contributed by atoms with van der Waals surface area (Å²) in [6, 6.07) is 30.5. The fraction of sp³-hybridized carbons (Fsp3) is 0.510. The molecule has 0 amide bonds. The van der Waals surface area contributed by atoms with Crippen LogP contribution < -0.4 is 19.8 Å². The Kier molecular flexibility index (Phi) is 12.8. The number of nitrogen functional groups attached to an aromatic ring is 1. The second-order valence-electron chi connectivity index (χ2n) is 18.2. The number of benzene rings is 4. The minimum atomic E-state index is -3.20. The lowest BCUT2D eigenvalue weighted by molar-refractivity contribution is 0.0299. The van der Waals surface area contributed by atoms with Crippen molar-refractivity contribution in [1.29, 1.82) is 0 Å². The Bertz CT molecular complexity index is 2140. The van der Waals surface area contributed by atoms with Gasteiger partial charge in [0, 0.05) is 87.0 Å². The van der Waals surface area contributed by atoms with Gasteiger partial charge in [0.05, 0.1) is 11.4 Å². The van der Waals surface area contributed by atoms with Crippen LogP contribution in [0, 0.1) is 23.5 Å². The molecule has 3 aliphatic heterocycles. The number of rotatable bonds is 7. The molecule has 3 saturated heterocycles. The zero-order valence-electron chi connectivity index (χ0n) is 35.6. The summed E-state index contributed by atoms with van der Waals surface area (Å²) in [7, 11) is -3.20. The predicted molar refractivity (Wildman–Crippen MR) is 242 cm³/mol. The molecule has 0 aromatic heterocycles. The zero-order valence-corrected chi connectivity index (χ0v) is 36.4. The van der Waals surface area contributed by atoms with Crippen molar-refractivity contribution in [3.8, 4) is 0 Å². The number of anilines is 4. The molecule has 8 nitrogen and oxygen atoms in total. The van der Waals surface area contributed by atoms with E-state index in [9.17, 15) is 17.2 Å². The van der Waals surface area contributed by atoms with Crippen molar-refractivity contribution in [2.24, 2.45) is 11.8 Å². The van der Waals surface area contributed by atoms with Crippen molar-refractivity contribution in [3.63, 3.8) is 0 Å². The highest BCUT2D eigenvalue weighted by Crippen LogP contribution is 2.47. The summed E-state index contributed by atoms with van der Waals surface area (Å²) >= 11 is 0. The Morgan fingerprint density at radius 1 is 0.550 bits per heavy atom. The van der Waals surface area contributed by atoms with Crippen LogP contribution in [0.25, 0.3) is 0 Å². The van der Waals surface area contributed by atoms with E-state index in [-0.39, 0.29) is 28.5 Å². The first kappa shape index (κ1) is 42.5. The van der Waals surface area contributed by atoms with Crippen molar-refractivity contribution >= 4 is 32.8 Å². The van der Waals surface area contributed by atoms with Gasteiger partial charge in [0.1, 0.15) is 11.6 Å². The molecule has 0 bridgehead atoms. The highest BCUT2D eigenvalue weighted by molar-refractivity contribution is 7.93. The van der Waals surface area contributed by atoms with E-state index < -0.39 is 10.0 Å². The molecule has 9 rings (SSSR count). The molecule has 322 valence electrons. The lowest BCUT2D eigenvalue weighted by Crippen LogP contribution is -2.56. The van der Waals surface area contributed by atoms with Gasteiger partial charge >= 0.3 is 0 Å². The molecule has 0 unspecified atom stereocenters. The third-order valence-corrected chi connectivity index (χ3v) is 16.4. The van der Waals surface area contributed by atoms with Gasteiger partial charge < -0.3 is 15.5 Å². The van der Waals surface area contributed by atoms with Crippen LogP contribution in [0.1, 0.15) is 82.8 Å². The van der Waals surface area contributed by atoms with E-state index in [0.717, 1.165) is 99.8 Å². The van der Waals surface area contributed by atoms with E-state index in [1.165, 1.54) is 61.8 Å². The molecule has 3 heterocycles. The molecule has 60 heavy (non-hydrogen) atoms.